The van der Waals surface area contributed by atoms with Crippen LogP contribution in [0.3, 0.4) is 0 Å². The van der Waals surface area contributed by atoms with Crippen LogP contribution in [0, 0.1) is 11.3 Å². The average molecular weight is 233 g/mol. The van der Waals surface area contributed by atoms with Crippen LogP contribution >= 0.6 is 11.8 Å². The minimum absolute atomic E-state index is 0.0743. The fourth-order valence-electron chi connectivity index (χ4n) is 1.40. The van der Waals surface area contributed by atoms with Crippen molar-refractivity contribution in [1.29, 1.82) is 5.26 Å². The van der Waals surface area contributed by atoms with Crippen LogP contribution in [-0.2, 0) is 0 Å². The van der Waals surface area contributed by atoms with E-state index in [9.17, 15) is 4.79 Å². The van der Waals surface area contributed by atoms with Gasteiger partial charge in [-0.15, -0.1) is 11.8 Å². The Bertz CT molecular complexity index is 418. The van der Waals surface area contributed by atoms with Crippen LogP contribution in [0.4, 0.5) is 10.5 Å². The van der Waals surface area contributed by atoms with Gasteiger partial charge in [0.2, 0.25) is 0 Å². The summed E-state index contributed by atoms with van der Waals surface area (Å²) in [4.78, 5) is 13.5. The van der Waals surface area contributed by atoms with Gasteiger partial charge in [0.15, 0.2) is 0 Å². The molecule has 0 saturated carbocycles. The van der Waals surface area contributed by atoms with Gasteiger partial charge in [0, 0.05) is 18.0 Å². The number of urea groups is 1. The maximum Gasteiger partial charge on any atom is 0.322 e. The van der Waals surface area contributed by atoms with Crippen molar-refractivity contribution in [3.8, 4) is 6.07 Å². The van der Waals surface area contributed by atoms with Crippen molar-refractivity contribution in [2.75, 3.05) is 23.5 Å². The Morgan fingerprint density at radius 1 is 1.44 bits per heavy atom. The molecule has 1 saturated heterocycles. The number of nitrogens with one attached hydrogen (secondary N) is 1. The van der Waals surface area contributed by atoms with E-state index in [1.807, 2.05) is 6.07 Å². The van der Waals surface area contributed by atoms with Gasteiger partial charge >= 0.3 is 6.03 Å². The summed E-state index contributed by atoms with van der Waals surface area (Å²) in [6, 6.07) is 8.81. The first-order valence-corrected chi connectivity index (χ1v) is 6.09. The highest BCUT2D eigenvalue weighted by Gasteiger charge is 2.17. The summed E-state index contributed by atoms with van der Waals surface area (Å²) in [7, 11) is 0. The third-order valence-electron chi connectivity index (χ3n) is 2.31. The Morgan fingerprint density at radius 3 is 2.75 bits per heavy atom. The first-order valence-electron chi connectivity index (χ1n) is 4.93. The number of carbonyl (C=O) groups is 1. The van der Waals surface area contributed by atoms with Crippen molar-refractivity contribution in [2.24, 2.45) is 0 Å². The number of carbonyl (C=O) groups excluding carboxylic acids is 1. The van der Waals surface area contributed by atoms with Crippen LogP contribution in [0.15, 0.2) is 24.3 Å². The average Bonchev–Trinajstić information content (AvgIpc) is 2.83. The van der Waals surface area contributed by atoms with Crippen molar-refractivity contribution in [3.05, 3.63) is 29.8 Å². The highest BCUT2D eigenvalue weighted by molar-refractivity contribution is 7.99. The Labute approximate surface area is 98.2 Å². The zero-order chi connectivity index (χ0) is 11.4. The van der Waals surface area contributed by atoms with Crippen molar-refractivity contribution in [3.63, 3.8) is 0 Å². The van der Waals surface area contributed by atoms with Gasteiger partial charge in [-0.25, -0.2) is 4.79 Å². The minimum Gasteiger partial charge on any atom is -0.314 e. The number of amides is 2. The Morgan fingerprint density at radius 2 is 2.19 bits per heavy atom. The molecule has 1 heterocycles. The first kappa shape index (κ1) is 10.8. The molecule has 1 fully saturated rings. The van der Waals surface area contributed by atoms with Gasteiger partial charge in [-0.2, -0.15) is 5.26 Å². The highest BCUT2D eigenvalue weighted by Crippen LogP contribution is 2.15. The Kier molecular flexibility index (Phi) is 3.32. The number of nitriles is 1. The lowest BCUT2D eigenvalue weighted by Gasteiger charge is -2.15. The first-order chi connectivity index (χ1) is 7.79. The lowest BCUT2D eigenvalue weighted by atomic mass is 10.2. The fourth-order valence-corrected chi connectivity index (χ4v) is 2.35. The molecule has 2 amide bonds. The van der Waals surface area contributed by atoms with E-state index >= 15 is 0 Å². The van der Waals surface area contributed by atoms with Gasteiger partial charge in [0.25, 0.3) is 0 Å². The SMILES string of the molecule is N#Cc1ccc(NC(=O)N2CCSC2)cc1. The van der Waals surface area contributed by atoms with E-state index in [0.29, 0.717) is 5.56 Å². The number of hydrogen-bond donors (Lipinski definition) is 1. The van der Waals surface area contributed by atoms with Crippen LogP contribution in [0.5, 0.6) is 0 Å². The predicted molar refractivity (Wildman–Crippen MR) is 64.2 cm³/mol. The third kappa shape index (κ3) is 2.47. The second-order valence-electron chi connectivity index (χ2n) is 3.42. The Balaban J connectivity index is 1.98. The number of nitrogens with zero attached hydrogens (tertiary/aromatic N) is 2. The molecule has 1 aromatic rings. The number of anilines is 1. The van der Waals surface area contributed by atoms with Gasteiger partial charge < -0.3 is 10.2 Å². The molecule has 0 radical (unpaired) electrons. The van der Waals surface area contributed by atoms with E-state index in [1.54, 1.807) is 40.9 Å². The molecule has 4 nitrogen and oxygen atoms in total. The van der Waals surface area contributed by atoms with E-state index in [0.717, 1.165) is 23.9 Å². The molecule has 2 rings (SSSR count). The maximum absolute atomic E-state index is 11.7. The topological polar surface area (TPSA) is 56.1 Å². The van der Waals surface area contributed by atoms with Gasteiger partial charge in [-0.1, -0.05) is 0 Å². The zero-order valence-electron chi connectivity index (χ0n) is 8.64. The van der Waals surface area contributed by atoms with Crippen molar-refractivity contribution in [1.82, 2.24) is 4.90 Å². The summed E-state index contributed by atoms with van der Waals surface area (Å²) >= 11 is 1.75. The van der Waals surface area contributed by atoms with Crippen LogP contribution in [0.1, 0.15) is 5.56 Å². The maximum atomic E-state index is 11.7. The zero-order valence-corrected chi connectivity index (χ0v) is 9.46. The van der Waals surface area contributed by atoms with Gasteiger partial charge in [0.05, 0.1) is 17.5 Å². The minimum atomic E-state index is -0.0743. The van der Waals surface area contributed by atoms with E-state index in [-0.39, 0.29) is 6.03 Å². The highest BCUT2D eigenvalue weighted by atomic mass is 32.2. The summed E-state index contributed by atoms with van der Waals surface area (Å²) < 4.78 is 0. The quantitative estimate of drug-likeness (QED) is 0.808. The molecule has 1 aliphatic heterocycles. The molecule has 0 aromatic heterocycles. The van der Waals surface area contributed by atoms with Crippen LogP contribution in [0.25, 0.3) is 0 Å². The molecule has 0 atom stereocenters. The molecule has 0 spiro atoms. The lowest BCUT2D eigenvalue weighted by molar-refractivity contribution is 0.225. The van der Waals surface area contributed by atoms with Crippen LogP contribution < -0.4 is 5.32 Å². The molecule has 0 bridgehead atoms. The molecule has 1 aliphatic rings. The molecule has 1 N–H and O–H groups in total. The van der Waals surface area contributed by atoms with E-state index in [1.165, 1.54) is 0 Å². The standard InChI is InChI=1S/C11H11N3OS/c12-7-9-1-3-10(4-2-9)13-11(15)14-5-6-16-8-14/h1-4H,5-6,8H2,(H,13,15). The number of benzene rings is 1. The monoisotopic (exact) mass is 233 g/mol. The lowest BCUT2D eigenvalue weighted by Crippen LogP contribution is -2.32. The summed E-state index contributed by atoms with van der Waals surface area (Å²) in [6.45, 7) is 0.798. The van der Waals surface area contributed by atoms with Gasteiger partial charge in [0.1, 0.15) is 0 Å². The Hall–Kier alpha value is -1.67. The van der Waals surface area contributed by atoms with E-state index < -0.39 is 0 Å². The molecule has 82 valence electrons. The van der Waals surface area contributed by atoms with Crippen molar-refractivity contribution < 1.29 is 4.79 Å². The molecule has 1 aromatic carbocycles. The number of thioether (sulfide) groups is 1. The fraction of sp³-hybridized carbons (Fsp3) is 0.273. The van der Waals surface area contributed by atoms with Crippen molar-refractivity contribution in [2.45, 2.75) is 0 Å². The molecular weight excluding hydrogens is 222 g/mol. The summed E-state index contributed by atoms with van der Waals surface area (Å²) in [6.07, 6.45) is 0. The normalized spacial score (nSPS) is 14.6. The number of rotatable bonds is 1. The van der Waals surface area contributed by atoms with E-state index in [2.05, 4.69) is 5.32 Å². The van der Waals surface area contributed by atoms with Gasteiger partial charge in [-0.05, 0) is 24.3 Å². The smallest absolute Gasteiger partial charge is 0.314 e. The predicted octanol–water partition coefficient (Wildman–Crippen LogP) is 2.10. The summed E-state index contributed by atoms with van der Waals surface area (Å²) in [5.41, 5.74) is 1.32. The molecule has 5 heteroatoms. The van der Waals surface area contributed by atoms with Crippen LogP contribution in [0.2, 0.25) is 0 Å². The van der Waals surface area contributed by atoms with Gasteiger partial charge in [-0.3, -0.25) is 0 Å². The molecule has 16 heavy (non-hydrogen) atoms. The number of hydrogen-bond acceptors (Lipinski definition) is 3. The molecular formula is C11H11N3OS. The summed E-state index contributed by atoms with van der Waals surface area (Å²) in [5, 5.41) is 11.4. The van der Waals surface area contributed by atoms with Crippen LogP contribution in [-0.4, -0.2) is 29.1 Å². The molecule has 0 unspecified atom stereocenters. The molecule has 0 aliphatic carbocycles. The second kappa shape index (κ2) is 4.90. The second-order valence-corrected chi connectivity index (χ2v) is 4.49. The summed E-state index contributed by atoms with van der Waals surface area (Å²) in [5.74, 6) is 1.75. The van der Waals surface area contributed by atoms with Crippen molar-refractivity contribution >= 4 is 23.5 Å². The third-order valence-corrected chi connectivity index (χ3v) is 3.27. The van der Waals surface area contributed by atoms with E-state index in [4.69, 9.17) is 5.26 Å². The largest absolute Gasteiger partial charge is 0.322 e.